The highest BCUT2D eigenvalue weighted by Crippen LogP contribution is 2.43. The third-order valence-electron chi connectivity index (χ3n) is 6.63. The van der Waals surface area contributed by atoms with E-state index in [2.05, 4.69) is 17.2 Å². The monoisotopic (exact) mass is 483 g/mol. The minimum absolute atomic E-state index is 0.0315. The van der Waals surface area contributed by atoms with Crippen LogP contribution in [-0.2, 0) is 15.7 Å². The summed E-state index contributed by atoms with van der Waals surface area (Å²) in [7, 11) is 1.43. The van der Waals surface area contributed by atoms with E-state index in [0.717, 1.165) is 11.3 Å². The molecule has 1 saturated carbocycles. The van der Waals surface area contributed by atoms with Crippen LogP contribution in [0.25, 0.3) is 10.2 Å². The van der Waals surface area contributed by atoms with Crippen LogP contribution in [0, 0.1) is 18.8 Å². The topological polar surface area (TPSA) is 71.5 Å². The molecule has 3 heterocycles. The first-order valence-electron chi connectivity index (χ1n) is 11.3. The lowest BCUT2D eigenvalue weighted by Crippen LogP contribution is -2.39. The Morgan fingerprint density at radius 3 is 2.52 bits per heavy atom. The molecule has 33 heavy (non-hydrogen) atoms. The van der Waals surface area contributed by atoms with Gasteiger partial charge in [-0.3, -0.25) is 9.59 Å². The predicted molar refractivity (Wildman–Crippen MR) is 121 cm³/mol. The van der Waals surface area contributed by atoms with Gasteiger partial charge in [0.25, 0.3) is 5.91 Å². The van der Waals surface area contributed by atoms with Gasteiger partial charge in [-0.2, -0.15) is 13.2 Å². The number of anilines is 1. The number of ether oxygens (including phenoxy) is 1. The number of rotatable bonds is 6. The lowest BCUT2D eigenvalue weighted by atomic mass is 10.0. The third kappa shape index (κ3) is 4.95. The number of carbonyl (C=O) groups is 2. The van der Waals surface area contributed by atoms with Gasteiger partial charge < -0.3 is 15.0 Å². The number of nitrogens with zero attached hydrogens (tertiary/aromatic N) is 2. The average Bonchev–Trinajstić information content (AvgIpc) is 3.53. The van der Waals surface area contributed by atoms with Crippen LogP contribution in [0.15, 0.2) is 5.38 Å². The van der Waals surface area contributed by atoms with Crippen molar-refractivity contribution in [2.45, 2.75) is 58.2 Å². The smallest absolute Gasteiger partial charge is 0.418 e. The van der Waals surface area contributed by atoms with Gasteiger partial charge in [0.05, 0.1) is 21.3 Å². The summed E-state index contributed by atoms with van der Waals surface area (Å²) in [6, 6.07) is 0. The Morgan fingerprint density at radius 2 is 1.94 bits per heavy atom. The average molecular weight is 484 g/mol. The molecule has 2 fully saturated rings. The number of thiophene rings is 1. The zero-order valence-electron chi connectivity index (χ0n) is 18.9. The summed E-state index contributed by atoms with van der Waals surface area (Å²) < 4.78 is 47.6. The van der Waals surface area contributed by atoms with Crippen LogP contribution in [-0.4, -0.2) is 43.1 Å². The normalized spacial score (nSPS) is 18.4. The van der Waals surface area contributed by atoms with E-state index in [9.17, 15) is 22.8 Å². The summed E-state index contributed by atoms with van der Waals surface area (Å²) in [5.41, 5.74) is -0.494. The van der Waals surface area contributed by atoms with Crippen molar-refractivity contribution in [1.29, 1.82) is 0 Å². The van der Waals surface area contributed by atoms with Crippen LogP contribution in [0.2, 0.25) is 0 Å². The molecule has 1 aliphatic carbocycles. The molecule has 1 saturated heterocycles. The molecule has 0 aromatic carbocycles. The summed E-state index contributed by atoms with van der Waals surface area (Å²) in [6.45, 7) is 4.34. The van der Waals surface area contributed by atoms with Crippen molar-refractivity contribution in [3.8, 4) is 0 Å². The van der Waals surface area contributed by atoms with Crippen LogP contribution in [0.5, 0.6) is 0 Å². The van der Waals surface area contributed by atoms with Crippen molar-refractivity contribution in [2.75, 3.05) is 25.0 Å². The number of fused-ring (bicyclic) bond motifs is 1. The molecule has 10 heteroatoms. The molecule has 6 nitrogen and oxygen atoms in total. The van der Waals surface area contributed by atoms with Gasteiger partial charge in [-0.25, -0.2) is 4.98 Å². The van der Waals surface area contributed by atoms with Crippen molar-refractivity contribution < 1.29 is 27.5 Å². The second-order valence-electron chi connectivity index (χ2n) is 9.03. The zero-order valence-corrected chi connectivity index (χ0v) is 19.7. The predicted octanol–water partition coefficient (Wildman–Crippen LogP) is 4.93. The molecular formula is C23H28F3N3O3S. The van der Waals surface area contributed by atoms with Crippen LogP contribution in [0.4, 0.5) is 19.0 Å². The van der Waals surface area contributed by atoms with E-state index in [1.165, 1.54) is 32.2 Å². The molecule has 2 aromatic rings. The van der Waals surface area contributed by atoms with Crippen molar-refractivity contribution in [3.63, 3.8) is 0 Å². The number of aromatic nitrogens is 1. The van der Waals surface area contributed by atoms with E-state index in [1.807, 2.05) is 0 Å². The van der Waals surface area contributed by atoms with Gasteiger partial charge in [-0.05, 0) is 31.6 Å². The van der Waals surface area contributed by atoms with E-state index < -0.39 is 17.6 Å². The lowest BCUT2D eigenvalue weighted by Gasteiger charge is -2.34. The maximum absolute atomic E-state index is 14.0. The lowest BCUT2D eigenvalue weighted by molar-refractivity contribution is -0.151. The van der Waals surface area contributed by atoms with E-state index >= 15 is 0 Å². The highest BCUT2D eigenvalue weighted by Gasteiger charge is 2.39. The van der Waals surface area contributed by atoms with Crippen molar-refractivity contribution in [1.82, 2.24) is 10.3 Å². The molecule has 0 unspecified atom stereocenters. The Bertz CT molecular complexity index is 1060. The Kier molecular flexibility index (Phi) is 6.57. The molecule has 1 amide bonds. The van der Waals surface area contributed by atoms with Gasteiger partial charge in [0.1, 0.15) is 11.9 Å². The number of esters is 1. The number of hydrogen-bond donors (Lipinski definition) is 1. The Hall–Kier alpha value is -2.36. The summed E-state index contributed by atoms with van der Waals surface area (Å²) in [5, 5.41) is 3.88. The number of piperidine rings is 1. The number of halogens is 3. The number of carbonyl (C=O) groups excluding carboxylic acids is 2. The van der Waals surface area contributed by atoms with Crippen molar-refractivity contribution in [3.05, 3.63) is 22.1 Å². The van der Waals surface area contributed by atoms with Gasteiger partial charge in [0.2, 0.25) is 0 Å². The molecule has 0 bridgehead atoms. The van der Waals surface area contributed by atoms with Crippen molar-refractivity contribution >= 4 is 39.2 Å². The van der Waals surface area contributed by atoms with Crippen molar-refractivity contribution in [2.24, 2.45) is 11.8 Å². The van der Waals surface area contributed by atoms with E-state index in [4.69, 9.17) is 4.74 Å². The first kappa shape index (κ1) is 23.8. The standard InChI is InChI=1S/C23H28F3N3O3S/c1-12(14-4-5-14)10-17(30)32-15-6-8-29(9-7-15)21-13(2)18(23(24,25)26)20-19(28-21)16(11-33-20)22(31)27-3/h11-12,14-15H,4-10H2,1-3H3,(H,27,31)/t12-/m1/s1. The van der Waals surface area contributed by atoms with E-state index in [-0.39, 0.29) is 39.2 Å². The minimum atomic E-state index is -4.57. The molecule has 2 aromatic heterocycles. The first-order chi connectivity index (χ1) is 15.6. The number of hydrogen-bond acceptors (Lipinski definition) is 6. The second-order valence-corrected chi connectivity index (χ2v) is 9.91. The number of alkyl halides is 3. The fraction of sp³-hybridized carbons (Fsp3) is 0.609. The zero-order chi connectivity index (χ0) is 23.9. The summed E-state index contributed by atoms with van der Waals surface area (Å²) in [5.74, 6) is 0.518. The maximum Gasteiger partial charge on any atom is 0.418 e. The molecule has 180 valence electrons. The third-order valence-corrected chi connectivity index (χ3v) is 7.62. The van der Waals surface area contributed by atoms with Crippen LogP contribution >= 0.6 is 11.3 Å². The highest BCUT2D eigenvalue weighted by atomic mass is 32.1. The second kappa shape index (κ2) is 9.12. The molecule has 0 radical (unpaired) electrons. The van der Waals surface area contributed by atoms with Crippen LogP contribution < -0.4 is 10.2 Å². The summed E-state index contributed by atoms with van der Waals surface area (Å²) in [6.07, 6.45) is -1.00. The minimum Gasteiger partial charge on any atom is -0.462 e. The molecule has 4 rings (SSSR count). The number of amides is 1. The Morgan fingerprint density at radius 1 is 1.27 bits per heavy atom. The number of nitrogens with one attached hydrogen (secondary N) is 1. The fourth-order valence-electron chi connectivity index (χ4n) is 4.57. The fourth-order valence-corrected chi connectivity index (χ4v) is 5.68. The molecular weight excluding hydrogens is 455 g/mol. The molecule has 1 aliphatic heterocycles. The first-order valence-corrected chi connectivity index (χ1v) is 12.1. The summed E-state index contributed by atoms with van der Waals surface area (Å²) >= 11 is 0.880. The van der Waals surface area contributed by atoms with Gasteiger partial charge in [0.15, 0.2) is 0 Å². The summed E-state index contributed by atoms with van der Waals surface area (Å²) in [4.78, 5) is 30.8. The van der Waals surface area contributed by atoms with Gasteiger partial charge in [0, 0.05) is 50.3 Å². The maximum atomic E-state index is 14.0. The van der Waals surface area contributed by atoms with Crippen LogP contribution in [0.1, 0.15) is 60.5 Å². The van der Waals surface area contributed by atoms with Crippen LogP contribution in [0.3, 0.4) is 0 Å². The highest BCUT2D eigenvalue weighted by molar-refractivity contribution is 7.17. The largest absolute Gasteiger partial charge is 0.462 e. The number of pyridine rings is 1. The van der Waals surface area contributed by atoms with E-state index in [0.29, 0.717) is 44.2 Å². The molecule has 2 aliphatic rings. The van der Waals surface area contributed by atoms with Gasteiger partial charge in [-0.1, -0.05) is 6.92 Å². The SMILES string of the molecule is CNC(=O)c1csc2c(C(F)(F)F)c(C)c(N3CCC(OC(=O)C[C@@H](C)C4CC4)CC3)nc12. The quantitative estimate of drug-likeness (QED) is 0.590. The van der Waals surface area contributed by atoms with Gasteiger partial charge >= 0.3 is 12.1 Å². The molecule has 0 spiro atoms. The molecule has 1 N–H and O–H groups in total. The molecule has 1 atom stereocenters. The Balaban J connectivity index is 1.54. The Labute approximate surface area is 194 Å². The van der Waals surface area contributed by atoms with Gasteiger partial charge in [-0.15, -0.1) is 11.3 Å². The van der Waals surface area contributed by atoms with E-state index in [1.54, 1.807) is 4.90 Å².